The summed E-state index contributed by atoms with van der Waals surface area (Å²) in [6.07, 6.45) is 26.6. The van der Waals surface area contributed by atoms with Crippen LogP contribution in [0.1, 0.15) is 333 Å². The fourth-order valence-electron chi connectivity index (χ4n) is 14.2. The maximum atomic E-state index is 12.7. The van der Waals surface area contributed by atoms with Crippen molar-refractivity contribution in [3.63, 3.8) is 0 Å². The molecule has 3 rings (SSSR count). The first kappa shape index (κ1) is 133. The Hall–Kier alpha value is -10.5. The fourth-order valence-corrected chi connectivity index (χ4v) is 15.1. The molecule has 4 atom stereocenters. The Morgan fingerprint density at radius 1 is 0.292 bits per heavy atom. The van der Waals surface area contributed by atoms with Crippen LogP contribution in [0.2, 0.25) is 0 Å². The standard InChI is InChI=1S/C37H60N2O12S.C37H57NO13.C30H42O10.CH4/c1-29(40)27-50-25-24-49-22-20-38-35(43)28-51-26-23-48-21-12-13-30(41)16-18-32(36(44)45)39-34(42)15-11-9-7-5-3-2-4-6-8-10-14-31-17-19-33(52-31)37(46)47;1-29(39)27-49-24-22-47-19-9-11-33(41)28-50-25-23-48-21-18-38-36(44)31(14-17-35(42)43)26-32(40)10-7-5-3-2-4-6-8-20-51-34-15-12-30(13-16-34)37(45)46;1-21(31)10-11-23(29(36)37)20-26(33)15-12-24(30(38)39)19-25(32)9-7-5-3-2-4-6-8-18-40-27-16-13-22(14-17-27)28(34)35;/h17,19,32H,2-16,18,20-28H2,1H3,(H,38,43)(H,39,42)(H,44,45)(H,46,47);12-13,15-16,31H,2-11,14,17-28H2,1H3,(H,38,44)(H,42,43)(H,45,46);13-14,16-17,23-24H,2-12,15,18-20H2,1H3,(H,34,35)(H,36,37)(H,38,39);1H4/t32-;31-;23-,24-;/m011./s1. The van der Waals surface area contributed by atoms with Gasteiger partial charge in [0.25, 0.3) is 0 Å². The Bertz CT molecular complexity index is 4140. The van der Waals surface area contributed by atoms with Crippen molar-refractivity contribution in [2.24, 2.45) is 17.8 Å². The first-order chi connectivity index (χ1) is 68.6. The zero-order chi connectivity index (χ0) is 106. The van der Waals surface area contributed by atoms with Gasteiger partial charge in [-0.25, -0.2) is 19.2 Å². The number of aryl methyl sites for hydroxylation is 1. The Morgan fingerprint density at radius 3 is 1.08 bits per heavy atom. The smallest absolute Gasteiger partial charge is 0.345 e. The maximum Gasteiger partial charge on any atom is 0.345 e. The zero-order valence-corrected chi connectivity index (χ0v) is 84.9. The Labute approximate surface area is 851 Å². The highest BCUT2D eigenvalue weighted by molar-refractivity contribution is 7.13. The molecule has 1 heterocycles. The fraction of sp³-hybridized carbons (Fsp3) is 0.676. The second-order valence-electron chi connectivity index (χ2n) is 35.1. The quantitative estimate of drug-likeness (QED) is 0.0235. The minimum atomic E-state index is -1.16. The molecule has 10 N–H and O–H groups in total. The number of ether oxygens (including phenoxy) is 10. The number of unbranched alkanes of at least 4 members (excludes halogenated alkanes) is 21. The minimum Gasteiger partial charge on any atom is -0.494 e. The highest BCUT2D eigenvalue weighted by atomic mass is 32.1. The van der Waals surface area contributed by atoms with Gasteiger partial charge in [-0.1, -0.05) is 123 Å². The summed E-state index contributed by atoms with van der Waals surface area (Å²) < 4.78 is 53.5. The molecule has 0 aliphatic carbocycles. The van der Waals surface area contributed by atoms with Crippen LogP contribution in [0.4, 0.5) is 0 Å². The molecule has 0 fully saturated rings. The topological polar surface area (TPSA) is 577 Å². The summed E-state index contributed by atoms with van der Waals surface area (Å²) in [7, 11) is 0. The van der Waals surface area contributed by atoms with Gasteiger partial charge < -0.3 is 104 Å². The van der Waals surface area contributed by atoms with Crippen LogP contribution in [0.15, 0.2) is 60.7 Å². The average Bonchev–Trinajstić information content (AvgIpc) is 1.83. The average molecular weight is 2060 g/mol. The van der Waals surface area contributed by atoms with Gasteiger partial charge >= 0.3 is 41.8 Å². The number of aliphatic carboxylic acids is 4. The molecule has 3 aromatic rings. The molecular weight excluding hydrogens is 1900 g/mol. The van der Waals surface area contributed by atoms with E-state index < -0.39 is 65.6 Å². The number of carbonyl (C=O) groups is 18. The molecule has 39 heteroatoms. The van der Waals surface area contributed by atoms with Crippen molar-refractivity contribution in [1.82, 2.24) is 16.0 Å². The van der Waals surface area contributed by atoms with Crippen LogP contribution in [0.3, 0.4) is 0 Å². The van der Waals surface area contributed by atoms with Crippen LogP contribution in [0, 0.1) is 17.8 Å². The van der Waals surface area contributed by atoms with Crippen molar-refractivity contribution in [3.8, 4) is 11.5 Å². The lowest BCUT2D eigenvalue weighted by Gasteiger charge is -2.16. The van der Waals surface area contributed by atoms with E-state index in [4.69, 9.17) is 67.8 Å². The van der Waals surface area contributed by atoms with E-state index in [9.17, 15) is 102 Å². The molecule has 0 saturated carbocycles. The molecule has 3 amide bonds. The molecule has 0 bridgehead atoms. The number of carboxylic acid groups (broad SMARTS) is 7. The van der Waals surface area contributed by atoms with Crippen molar-refractivity contribution in [1.29, 1.82) is 0 Å². The molecule has 38 nitrogen and oxygen atoms in total. The predicted octanol–water partition coefficient (Wildman–Crippen LogP) is 15.2. The third-order valence-corrected chi connectivity index (χ3v) is 23.4. The van der Waals surface area contributed by atoms with Gasteiger partial charge in [0.15, 0.2) is 17.3 Å². The lowest BCUT2D eigenvalue weighted by Crippen LogP contribution is -2.41. The summed E-state index contributed by atoms with van der Waals surface area (Å²) in [5.74, 6) is -10.6. The Balaban J connectivity index is 0.00000214. The van der Waals surface area contributed by atoms with E-state index >= 15 is 0 Å². The van der Waals surface area contributed by atoms with Gasteiger partial charge in [0, 0.05) is 114 Å². The van der Waals surface area contributed by atoms with Crippen LogP contribution in [0.5, 0.6) is 11.5 Å². The molecule has 0 saturated heterocycles. The SMILES string of the molecule is C.CC(=O)CC[C@H](CC(=O)CC[C@H](CC(=O)CCCCCCCCCOc1ccc(C(=O)O)cc1)C(=O)O)C(=O)O.CC(=O)COCCOCCCC(=O)COCCOCCNC(=O)[C@H](CCC(=O)O)CC(=O)CCCCCCCCCOc1ccc(C(=O)O)cc1.CC(=O)COCCOCCNC(=O)COCCOCCCC(=O)CC[C@H](NC(=O)CCCCCCCCCCCCc1ccc(C(=O)O)s1)C(=O)O. The molecule has 0 aliphatic rings. The second-order valence-corrected chi connectivity index (χ2v) is 36.3. The molecular formula is C105H163N3O35S. The first-order valence-corrected chi connectivity index (χ1v) is 51.1. The summed E-state index contributed by atoms with van der Waals surface area (Å²) in [5, 5.41) is 72.0. The largest absolute Gasteiger partial charge is 0.494 e. The number of ketones is 8. The number of benzene rings is 2. The lowest BCUT2D eigenvalue weighted by molar-refractivity contribution is -0.145. The van der Waals surface area contributed by atoms with E-state index in [1.165, 1.54) is 75.6 Å². The Morgan fingerprint density at radius 2 is 0.660 bits per heavy atom. The van der Waals surface area contributed by atoms with Gasteiger partial charge in [-0.15, -0.1) is 11.3 Å². The van der Waals surface area contributed by atoms with E-state index in [-0.39, 0.29) is 232 Å². The van der Waals surface area contributed by atoms with Crippen molar-refractivity contribution in [2.75, 3.05) is 132 Å². The van der Waals surface area contributed by atoms with Crippen molar-refractivity contribution in [3.05, 3.63) is 81.5 Å². The number of nitrogens with one attached hydrogen (secondary N) is 3. The number of hydrogen-bond donors (Lipinski definition) is 10. The lowest BCUT2D eigenvalue weighted by atomic mass is 9.90. The van der Waals surface area contributed by atoms with Gasteiger partial charge in [-0.3, -0.25) is 62.3 Å². The number of aromatic carboxylic acids is 3. The van der Waals surface area contributed by atoms with Gasteiger partial charge in [0.2, 0.25) is 17.7 Å². The number of amides is 3. The van der Waals surface area contributed by atoms with E-state index in [0.29, 0.717) is 127 Å². The normalized spacial score (nSPS) is 11.7. The van der Waals surface area contributed by atoms with Crippen LogP contribution in [0.25, 0.3) is 0 Å². The molecule has 2 aromatic carbocycles. The molecule has 144 heavy (non-hydrogen) atoms. The number of carboxylic acids is 7. The summed E-state index contributed by atoms with van der Waals surface area (Å²) >= 11 is 1.36. The molecule has 0 spiro atoms. The molecule has 814 valence electrons. The van der Waals surface area contributed by atoms with Crippen LogP contribution in [-0.2, 0) is 116 Å². The van der Waals surface area contributed by atoms with Crippen LogP contribution in [-0.4, -0.2) is 280 Å². The van der Waals surface area contributed by atoms with Crippen LogP contribution >= 0.6 is 11.3 Å². The van der Waals surface area contributed by atoms with Crippen molar-refractivity contribution < 1.29 is 169 Å². The minimum absolute atomic E-state index is 0. The highest BCUT2D eigenvalue weighted by Crippen LogP contribution is 2.25. The van der Waals surface area contributed by atoms with E-state index in [0.717, 1.165) is 133 Å². The summed E-state index contributed by atoms with van der Waals surface area (Å²) in [6.45, 7) is 9.32. The molecule has 0 aliphatic heterocycles. The number of hydrogen-bond acceptors (Lipinski definition) is 29. The van der Waals surface area contributed by atoms with E-state index in [1.807, 2.05) is 6.07 Å². The molecule has 1 aromatic heterocycles. The second kappa shape index (κ2) is 88.9. The number of carbonyl (C=O) groups excluding carboxylic acids is 11. The monoisotopic (exact) mass is 2060 g/mol. The van der Waals surface area contributed by atoms with E-state index in [2.05, 4.69) is 16.0 Å². The number of rotatable bonds is 95. The van der Waals surface area contributed by atoms with Crippen molar-refractivity contribution in [2.45, 2.75) is 310 Å². The van der Waals surface area contributed by atoms with Gasteiger partial charge in [-0.05, 0) is 165 Å². The van der Waals surface area contributed by atoms with Crippen molar-refractivity contribution >= 4 is 117 Å². The maximum absolute atomic E-state index is 12.7. The number of Topliss-reactive ketones (excluding diaryl/α,β-unsaturated/α-hetero) is 8. The summed E-state index contributed by atoms with van der Waals surface area (Å²) in [6, 6.07) is 15.1. The third-order valence-electron chi connectivity index (χ3n) is 22.2. The number of thiophene rings is 1. The predicted molar refractivity (Wildman–Crippen MR) is 536 cm³/mol. The zero-order valence-electron chi connectivity index (χ0n) is 84.1. The van der Waals surface area contributed by atoms with Gasteiger partial charge in [-0.2, -0.15) is 0 Å². The molecule has 0 radical (unpaired) electrons. The third kappa shape index (κ3) is 79.8. The first-order valence-electron chi connectivity index (χ1n) is 50.3. The van der Waals surface area contributed by atoms with Crippen LogP contribution < -0.4 is 25.4 Å². The molecule has 0 unspecified atom stereocenters. The summed E-state index contributed by atoms with van der Waals surface area (Å²) in [4.78, 5) is 210. The van der Waals surface area contributed by atoms with Gasteiger partial charge in [0.1, 0.15) is 77.8 Å². The van der Waals surface area contributed by atoms with E-state index in [1.54, 1.807) is 30.3 Å². The highest BCUT2D eigenvalue weighted by Gasteiger charge is 2.28. The Kier molecular flexibility index (Phi) is 82.4. The van der Waals surface area contributed by atoms with Gasteiger partial charge in [0.05, 0.1) is 102 Å². The summed E-state index contributed by atoms with van der Waals surface area (Å²) in [5.41, 5.74) is 0.439.